The third kappa shape index (κ3) is 2.72. The molecule has 0 saturated heterocycles. The second-order valence-corrected chi connectivity index (χ2v) is 3.91. The summed E-state index contributed by atoms with van der Waals surface area (Å²) in [6, 6.07) is 5.85. The first kappa shape index (κ1) is 10.6. The minimum absolute atomic E-state index is 0.0827. The van der Waals surface area contributed by atoms with Gasteiger partial charge < -0.3 is 10.2 Å². The van der Waals surface area contributed by atoms with E-state index in [4.69, 9.17) is 10.2 Å². The molecule has 0 aliphatic carbocycles. The molecule has 0 atom stereocenters. The van der Waals surface area contributed by atoms with Crippen LogP contribution in [-0.4, -0.2) is 22.6 Å². The standard InChI is InChI=1S/C10H14O2S/c1-8-9(7-12)3-2-4-10(8)13-6-5-11/h2-4,11-12H,5-7H2,1H3. The summed E-state index contributed by atoms with van der Waals surface area (Å²) in [5.74, 6) is 0.704. The molecule has 0 spiro atoms. The molecule has 3 heteroatoms. The van der Waals surface area contributed by atoms with Gasteiger partial charge in [-0.3, -0.25) is 0 Å². The van der Waals surface area contributed by atoms with Crippen LogP contribution < -0.4 is 0 Å². The number of benzene rings is 1. The van der Waals surface area contributed by atoms with Gasteiger partial charge in [0.2, 0.25) is 0 Å². The Morgan fingerprint density at radius 1 is 1.31 bits per heavy atom. The molecular formula is C10H14O2S. The SMILES string of the molecule is Cc1c(CO)cccc1SCCO. The fourth-order valence-corrected chi connectivity index (χ4v) is 1.98. The van der Waals surface area contributed by atoms with Crippen LogP contribution in [-0.2, 0) is 6.61 Å². The molecule has 13 heavy (non-hydrogen) atoms. The van der Waals surface area contributed by atoms with E-state index in [2.05, 4.69) is 0 Å². The van der Waals surface area contributed by atoms with Gasteiger partial charge in [-0.25, -0.2) is 0 Å². The summed E-state index contributed by atoms with van der Waals surface area (Å²) in [5.41, 5.74) is 2.08. The van der Waals surface area contributed by atoms with Crippen LogP contribution in [0.5, 0.6) is 0 Å². The predicted octanol–water partition coefficient (Wildman–Crippen LogP) is 1.57. The van der Waals surface area contributed by atoms with E-state index in [1.807, 2.05) is 25.1 Å². The van der Waals surface area contributed by atoms with Crippen molar-refractivity contribution in [3.8, 4) is 0 Å². The summed E-state index contributed by atoms with van der Waals surface area (Å²) < 4.78 is 0. The molecule has 0 aromatic heterocycles. The molecule has 1 aromatic carbocycles. The Bertz CT molecular complexity index is 274. The molecule has 0 aliphatic rings. The van der Waals surface area contributed by atoms with Crippen LogP contribution in [0.1, 0.15) is 11.1 Å². The average Bonchev–Trinajstić information content (AvgIpc) is 2.16. The quantitative estimate of drug-likeness (QED) is 0.721. The third-order valence-corrected chi connectivity index (χ3v) is 3.06. The molecule has 0 bridgehead atoms. The fraction of sp³-hybridized carbons (Fsp3) is 0.400. The van der Waals surface area contributed by atoms with Gasteiger partial charge in [0.1, 0.15) is 0 Å². The first-order chi connectivity index (χ1) is 6.29. The van der Waals surface area contributed by atoms with Crippen LogP contribution in [0, 0.1) is 6.92 Å². The molecule has 0 amide bonds. The molecule has 0 aliphatic heterocycles. The van der Waals surface area contributed by atoms with Crippen molar-refractivity contribution < 1.29 is 10.2 Å². The Morgan fingerprint density at radius 2 is 2.08 bits per heavy atom. The molecule has 2 nitrogen and oxygen atoms in total. The van der Waals surface area contributed by atoms with Crippen molar-refractivity contribution in [2.24, 2.45) is 0 Å². The molecule has 0 saturated carbocycles. The summed E-state index contributed by atoms with van der Waals surface area (Å²) in [6.07, 6.45) is 0. The third-order valence-electron chi connectivity index (χ3n) is 1.92. The number of aliphatic hydroxyl groups excluding tert-OH is 2. The van der Waals surface area contributed by atoms with E-state index in [1.165, 1.54) is 0 Å². The van der Waals surface area contributed by atoms with E-state index in [9.17, 15) is 0 Å². The van der Waals surface area contributed by atoms with E-state index >= 15 is 0 Å². The molecule has 2 N–H and O–H groups in total. The van der Waals surface area contributed by atoms with Crippen LogP contribution >= 0.6 is 11.8 Å². The van der Waals surface area contributed by atoms with Gasteiger partial charge >= 0.3 is 0 Å². The van der Waals surface area contributed by atoms with Crippen LogP contribution in [0.2, 0.25) is 0 Å². The summed E-state index contributed by atoms with van der Waals surface area (Å²) in [7, 11) is 0. The zero-order chi connectivity index (χ0) is 9.68. The Balaban J connectivity index is 2.81. The highest BCUT2D eigenvalue weighted by molar-refractivity contribution is 7.99. The van der Waals surface area contributed by atoms with Gasteiger partial charge in [0.05, 0.1) is 13.2 Å². The van der Waals surface area contributed by atoms with E-state index in [1.54, 1.807) is 11.8 Å². The van der Waals surface area contributed by atoms with Gasteiger partial charge in [0.25, 0.3) is 0 Å². The van der Waals surface area contributed by atoms with E-state index < -0.39 is 0 Å². The number of hydrogen-bond acceptors (Lipinski definition) is 3. The molecule has 1 aromatic rings. The molecule has 0 fully saturated rings. The zero-order valence-corrected chi connectivity index (χ0v) is 8.47. The first-order valence-electron chi connectivity index (χ1n) is 4.22. The number of hydrogen-bond donors (Lipinski definition) is 2. The molecule has 1 rings (SSSR count). The normalized spacial score (nSPS) is 10.4. The van der Waals surface area contributed by atoms with Crippen molar-refractivity contribution in [1.82, 2.24) is 0 Å². The van der Waals surface area contributed by atoms with Gasteiger partial charge in [-0.05, 0) is 24.1 Å². The van der Waals surface area contributed by atoms with Gasteiger partial charge in [-0.2, -0.15) is 0 Å². The highest BCUT2D eigenvalue weighted by Gasteiger charge is 2.02. The number of aliphatic hydroxyl groups is 2. The van der Waals surface area contributed by atoms with E-state index in [-0.39, 0.29) is 13.2 Å². The molecular weight excluding hydrogens is 184 g/mol. The van der Waals surface area contributed by atoms with Crippen molar-refractivity contribution in [1.29, 1.82) is 0 Å². The minimum Gasteiger partial charge on any atom is -0.396 e. The highest BCUT2D eigenvalue weighted by Crippen LogP contribution is 2.24. The van der Waals surface area contributed by atoms with Crippen LogP contribution in [0.3, 0.4) is 0 Å². The minimum atomic E-state index is 0.0827. The van der Waals surface area contributed by atoms with Crippen molar-refractivity contribution in [2.45, 2.75) is 18.4 Å². The summed E-state index contributed by atoms with van der Waals surface area (Å²) in [5, 5.41) is 17.7. The van der Waals surface area contributed by atoms with Gasteiger partial charge in [0, 0.05) is 10.6 Å². The summed E-state index contributed by atoms with van der Waals surface area (Å²) >= 11 is 1.62. The second-order valence-electron chi connectivity index (χ2n) is 2.77. The Hall–Kier alpha value is -0.510. The lowest BCUT2D eigenvalue weighted by atomic mass is 10.1. The Morgan fingerprint density at radius 3 is 2.69 bits per heavy atom. The lowest BCUT2D eigenvalue weighted by Crippen LogP contribution is -1.92. The van der Waals surface area contributed by atoms with Crippen molar-refractivity contribution in [3.05, 3.63) is 29.3 Å². The Kier molecular flexibility index (Phi) is 4.28. The van der Waals surface area contributed by atoms with Crippen LogP contribution in [0.25, 0.3) is 0 Å². The smallest absolute Gasteiger partial charge is 0.0684 e. The number of thioether (sulfide) groups is 1. The zero-order valence-electron chi connectivity index (χ0n) is 7.66. The van der Waals surface area contributed by atoms with Crippen molar-refractivity contribution in [2.75, 3.05) is 12.4 Å². The molecule has 0 radical (unpaired) electrons. The van der Waals surface area contributed by atoms with E-state index in [0.29, 0.717) is 5.75 Å². The topological polar surface area (TPSA) is 40.5 Å². The van der Waals surface area contributed by atoms with Crippen LogP contribution in [0.4, 0.5) is 0 Å². The molecule has 0 heterocycles. The van der Waals surface area contributed by atoms with Crippen molar-refractivity contribution >= 4 is 11.8 Å². The maximum absolute atomic E-state index is 9.01. The Labute approximate surface area is 82.6 Å². The maximum Gasteiger partial charge on any atom is 0.0684 e. The summed E-state index contributed by atoms with van der Waals surface area (Å²) in [4.78, 5) is 1.14. The number of rotatable bonds is 4. The maximum atomic E-state index is 9.01. The predicted molar refractivity (Wildman–Crippen MR) is 54.9 cm³/mol. The first-order valence-corrected chi connectivity index (χ1v) is 5.21. The lowest BCUT2D eigenvalue weighted by molar-refractivity contribution is 0.280. The monoisotopic (exact) mass is 198 g/mol. The molecule has 72 valence electrons. The molecule has 0 unspecified atom stereocenters. The largest absolute Gasteiger partial charge is 0.396 e. The van der Waals surface area contributed by atoms with Gasteiger partial charge in [-0.15, -0.1) is 11.8 Å². The second kappa shape index (κ2) is 5.27. The average molecular weight is 198 g/mol. The fourth-order valence-electron chi connectivity index (χ4n) is 1.14. The van der Waals surface area contributed by atoms with Gasteiger partial charge in [0.15, 0.2) is 0 Å². The lowest BCUT2D eigenvalue weighted by Gasteiger charge is -2.07. The van der Waals surface area contributed by atoms with Gasteiger partial charge in [-0.1, -0.05) is 12.1 Å². The highest BCUT2D eigenvalue weighted by atomic mass is 32.2. The van der Waals surface area contributed by atoms with Crippen molar-refractivity contribution in [3.63, 3.8) is 0 Å². The summed E-state index contributed by atoms with van der Waals surface area (Å²) in [6.45, 7) is 2.26. The van der Waals surface area contributed by atoms with E-state index in [0.717, 1.165) is 16.0 Å². The van der Waals surface area contributed by atoms with Crippen LogP contribution in [0.15, 0.2) is 23.1 Å².